The second-order valence-corrected chi connectivity index (χ2v) is 7.10. The van der Waals surface area contributed by atoms with Crippen LogP contribution in [-0.2, 0) is 7.05 Å². The first-order chi connectivity index (χ1) is 12.6. The summed E-state index contributed by atoms with van der Waals surface area (Å²) >= 11 is 1.25. The number of nitrogens with one attached hydrogen (secondary N) is 1. The van der Waals surface area contributed by atoms with E-state index in [-0.39, 0.29) is 17.1 Å². The van der Waals surface area contributed by atoms with Crippen LogP contribution in [0.5, 0.6) is 0 Å². The molecule has 4 aromatic rings. The van der Waals surface area contributed by atoms with Gasteiger partial charge in [0.05, 0.1) is 16.7 Å². The molecule has 0 fully saturated rings. The van der Waals surface area contributed by atoms with Crippen molar-refractivity contribution in [2.75, 3.05) is 5.75 Å². The molecule has 5 nitrogen and oxygen atoms in total. The highest BCUT2D eigenvalue weighted by Crippen LogP contribution is 2.27. The van der Waals surface area contributed by atoms with Gasteiger partial charge in [0, 0.05) is 29.2 Å². The number of benzene rings is 2. The third-order valence-corrected chi connectivity index (χ3v) is 5.48. The van der Waals surface area contributed by atoms with E-state index in [9.17, 15) is 9.59 Å². The van der Waals surface area contributed by atoms with E-state index in [2.05, 4.69) is 9.97 Å². The zero-order chi connectivity index (χ0) is 18.3. The van der Waals surface area contributed by atoms with E-state index in [1.54, 1.807) is 18.2 Å². The maximum atomic E-state index is 12.9. The van der Waals surface area contributed by atoms with Crippen molar-refractivity contribution in [3.63, 3.8) is 0 Å². The molecule has 130 valence electrons. The van der Waals surface area contributed by atoms with Crippen LogP contribution in [-0.4, -0.2) is 26.1 Å². The lowest BCUT2D eigenvalue weighted by molar-refractivity contribution is 0.102. The Morgan fingerprint density at radius 3 is 2.62 bits per heavy atom. The predicted molar refractivity (Wildman–Crippen MR) is 105 cm³/mol. The normalized spacial score (nSPS) is 11.3. The smallest absolute Gasteiger partial charge is 0.259 e. The lowest BCUT2D eigenvalue weighted by Gasteiger charge is -2.04. The van der Waals surface area contributed by atoms with E-state index in [1.807, 2.05) is 48.9 Å². The summed E-state index contributed by atoms with van der Waals surface area (Å²) in [5.74, 6) is 0.246. The Labute approximate surface area is 154 Å². The second-order valence-electron chi connectivity index (χ2n) is 6.14. The molecular weight excluding hydrogens is 346 g/mol. The number of para-hydroxylation sites is 2. The van der Waals surface area contributed by atoms with Crippen LogP contribution >= 0.6 is 11.8 Å². The second kappa shape index (κ2) is 6.46. The molecule has 0 unspecified atom stereocenters. The van der Waals surface area contributed by atoms with Gasteiger partial charge in [-0.25, -0.2) is 4.98 Å². The molecule has 0 aliphatic carbocycles. The molecule has 1 N–H and O–H groups in total. The third-order valence-electron chi connectivity index (χ3n) is 4.61. The number of fused-ring (bicyclic) bond motifs is 2. The van der Waals surface area contributed by atoms with Gasteiger partial charge in [-0.15, -0.1) is 0 Å². The number of rotatable bonds is 4. The van der Waals surface area contributed by atoms with Crippen LogP contribution < -0.4 is 5.56 Å². The highest BCUT2D eigenvalue weighted by atomic mass is 32.2. The van der Waals surface area contributed by atoms with Gasteiger partial charge in [0.25, 0.3) is 5.56 Å². The minimum absolute atomic E-state index is 0.0279. The Bertz CT molecular complexity index is 1210. The van der Waals surface area contributed by atoms with Crippen molar-refractivity contribution in [3.05, 3.63) is 70.1 Å². The molecule has 0 atom stereocenters. The van der Waals surface area contributed by atoms with Crippen molar-refractivity contribution in [2.24, 2.45) is 7.05 Å². The minimum Gasteiger partial charge on any atom is -0.347 e. The topological polar surface area (TPSA) is 67.8 Å². The fraction of sp³-hybridized carbons (Fsp3) is 0.150. The molecule has 0 bridgehead atoms. The number of H-pyrrole nitrogens is 1. The summed E-state index contributed by atoms with van der Waals surface area (Å²) in [5, 5.41) is 1.96. The minimum atomic E-state index is -0.188. The summed E-state index contributed by atoms with van der Waals surface area (Å²) in [6, 6.07) is 15.1. The first-order valence-corrected chi connectivity index (χ1v) is 9.24. The molecule has 0 amide bonds. The van der Waals surface area contributed by atoms with Gasteiger partial charge in [-0.05, 0) is 25.1 Å². The monoisotopic (exact) mass is 363 g/mol. The maximum Gasteiger partial charge on any atom is 0.259 e. The van der Waals surface area contributed by atoms with Crippen molar-refractivity contribution in [3.8, 4) is 0 Å². The predicted octanol–water partition coefficient (Wildman–Crippen LogP) is 3.70. The van der Waals surface area contributed by atoms with E-state index in [4.69, 9.17) is 0 Å². The molecule has 0 aliphatic rings. The van der Waals surface area contributed by atoms with E-state index in [0.29, 0.717) is 16.1 Å². The Kier molecular flexibility index (Phi) is 4.12. The molecule has 0 radical (unpaired) electrons. The number of carbonyl (C=O) groups is 1. The molecule has 0 saturated heterocycles. The SMILES string of the molecule is Cc1c(C(=O)CSc2nc3ccccc3c(=O)[nH]2)c2ccccc2n1C. The number of hydrogen-bond acceptors (Lipinski definition) is 4. The highest BCUT2D eigenvalue weighted by molar-refractivity contribution is 7.99. The maximum absolute atomic E-state index is 12.9. The van der Waals surface area contributed by atoms with E-state index >= 15 is 0 Å². The van der Waals surface area contributed by atoms with Gasteiger partial charge in [0.2, 0.25) is 0 Å². The Balaban J connectivity index is 1.64. The van der Waals surface area contributed by atoms with Crippen LogP contribution in [0.25, 0.3) is 21.8 Å². The molecule has 26 heavy (non-hydrogen) atoms. The van der Waals surface area contributed by atoms with Crippen molar-refractivity contribution >= 4 is 39.4 Å². The molecule has 2 aromatic heterocycles. The third kappa shape index (κ3) is 2.72. The van der Waals surface area contributed by atoms with E-state index in [0.717, 1.165) is 22.2 Å². The van der Waals surface area contributed by atoms with Crippen LogP contribution in [0.1, 0.15) is 16.1 Å². The summed E-state index contributed by atoms with van der Waals surface area (Å²) < 4.78 is 2.03. The first kappa shape index (κ1) is 16.6. The number of nitrogens with zero attached hydrogens (tertiary/aromatic N) is 2. The summed E-state index contributed by atoms with van der Waals surface area (Å²) in [6.45, 7) is 1.95. The molecule has 4 rings (SSSR count). The summed E-state index contributed by atoms with van der Waals surface area (Å²) in [4.78, 5) is 32.2. The quantitative estimate of drug-likeness (QED) is 0.341. The molecular formula is C20H17N3O2S. The number of carbonyl (C=O) groups excluding carboxylic acids is 1. The average Bonchev–Trinajstić information content (AvgIpc) is 2.91. The summed E-state index contributed by atoms with van der Waals surface area (Å²) in [5.41, 5.74) is 3.16. The summed E-state index contributed by atoms with van der Waals surface area (Å²) in [6.07, 6.45) is 0. The van der Waals surface area contributed by atoms with Crippen molar-refractivity contribution in [2.45, 2.75) is 12.1 Å². The van der Waals surface area contributed by atoms with Crippen LogP contribution in [0, 0.1) is 6.92 Å². The fourth-order valence-corrected chi connectivity index (χ4v) is 3.95. The van der Waals surface area contributed by atoms with Crippen molar-refractivity contribution < 1.29 is 4.79 Å². The number of thioether (sulfide) groups is 1. The Morgan fingerprint density at radius 1 is 1.12 bits per heavy atom. The summed E-state index contributed by atoms with van der Waals surface area (Å²) in [7, 11) is 1.96. The van der Waals surface area contributed by atoms with Crippen LogP contribution in [0.15, 0.2) is 58.5 Å². The van der Waals surface area contributed by atoms with Crippen LogP contribution in [0.4, 0.5) is 0 Å². The highest BCUT2D eigenvalue weighted by Gasteiger charge is 2.18. The van der Waals surface area contributed by atoms with Gasteiger partial charge >= 0.3 is 0 Å². The Morgan fingerprint density at radius 2 is 1.81 bits per heavy atom. The molecule has 2 heterocycles. The molecule has 0 saturated carbocycles. The lowest BCUT2D eigenvalue weighted by atomic mass is 10.1. The molecule has 2 aromatic carbocycles. The van der Waals surface area contributed by atoms with E-state index in [1.165, 1.54) is 11.8 Å². The number of aryl methyl sites for hydroxylation is 1. The van der Waals surface area contributed by atoms with Crippen LogP contribution in [0.2, 0.25) is 0 Å². The molecule has 6 heteroatoms. The number of hydrogen-bond donors (Lipinski definition) is 1. The van der Waals surface area contributed by atoms with E-state index < -0.39 is 0 Å². The largest absolute Gasteiger partial charge is 0.347 e. The van der Waals surface area contributed by atoms with Crippen LogP contribution in [0.3, 0.4) is 0 Å². The first-order valence-electron chi connectivity index (χ1n) is 8.25. The fourth-order valence-electron chi connectivity index (χ4n) is 3.21. The van der Waals surface area contributed by atoms with Gasteiger partial charge in [0.15, 0.2) is 10.9 Å². The van der Waals surface area contributed by atoms with Gasteiger partial charge in [-0.3, -0.25) is 9.59 Å². The zero-order valence-corrected chi connectivity index (χ0v) is 15.3. The average molecular weight is 363 g/mol. The zero-order valence-electron chi connectivity index (χ0n) is 14.4. The number of Topliss-reactive ketones (excluding diaryl/α,β-unsaturated/α-hetero) is 1. The standard InChI is InChI=1S/C20H17N3O2S/c1-12-18(14-8-4-6-10-16(14)23(12)2)17(24)11-26-20-21-15-9-5-3-7-13(15)19(25)22-20/h3-10H,11H2,1-2H3,(H,21,22,25). The van der Waals surface area contributed by atoms with Gasteiger partial charge in [-0.2, -0.15) is 0 Å². The number of aromatic nitrogens is 3. The van der Waals surface area contributed by atoms with Gasteiger partial charge in [0.1, 0.15) is 0 Å². The Hall–Kier alpha value is -2.86. The van der Waals surface area contributed by atoms with Crippen molar-refractivity contribution in [1.82, 2.24) is 14.5 Å². The molecule has 0 aliphatic heterocycles. The molecule has 0 spiro atoms. The van der Waals surface area contributed by atoms with Gasteiger partial charge in [-0.1, -0.05) is 42.1 Å². The van der Waals surface area contributed by atoms with Gasteiger partial charge < -0.3 is 9.55 Å². The number of aromatic amines is 1. The lowest BCUT2D eigenvalue weighted by Crippen LogP contribution is -2.11. The number of ketones is 1. The van der Waals surface area contributed by atoms with Crippen molar-refractivity contribution in [1.29, 1.82) is 0 Å².